The third kappa shape index (κ3) is 2.52. The lowest BCUT2D eigenvalue weighted by Crippen LogP contribution is -2.33. The third-order valence-corrected chi connectivity index (χ3v) is 3.52. The van der Waals surface area contributed by atoms with E-state index in [0.717, 1.165) is 25.2 Å². The van der Waals surface area contributed by atoms with E-state index in [1.165, 1.54) is 13.2 Å². The van der Waals surface area contributed by atoms with Crippen LogP contribution in [0, 0.1) is 5.92 Å². The Labute approximate surface area is 115 Å². The highest BCUT2D eigenvalue weighted by molar-refractivity contribution is 5.91. The molecule has 0 aliphatic carbocycles. The Hall–Kier alpha value is -2.31. The molecule has 0 spiro atoms. The quantitative estimate of drug-likeness (QED) is 0.896. The highest BCUT2D eigenvalue weighted by Gasteiger charge is 2.21. The molecule has 1 amide bonds. The van der Waals surface area contributed by atoms with Gasteiger partial charge in [0.2, 0.25) is 5.76 Å². The number of nitrogens with one attached hydrogen (secondary N) is 1. The van der Waals surface area contributed by atoms with Crippen LogP contribution in [-0.4, -0.2) is 34.3 Å². The van der Waals surface area contributed by atoms with Gasteiger partial charge in [0.25, 0.3) is 11.8 Å². The fraction of sp³-hybridized carbons (Fsp3) is 0.462. The van der Waals surface area contributed by atoms with E-state index in [4.69, 9.17) is 9.26 Å². The topological polar surface area (TPSA) is 82.2 Å². The molecule has 0 aromatic carbocycles. The normalized spacial score (nSPS) is 17.6. The van der Waals surface area contributed by atoms with Crippen molar-refractivity contribution in [3.63, 3.8) is 0 Å². The molecule has 0 unspecified atom stereocenters. The average Bonchev–Trinajstić information content (AvgIpc) is 3.12. The Bertz CT molecular complexity index is 604. The smallest absolute Gasteiger partial charge is 0.290 e. The monoisotopic (exact) mass is 276 g/mol. The molecule has 3 heterocycles. The number of aromatic nitrogens is 3. The minimum Gasteiger partial charge on any atom is -0.479 e. The van der Waals surface area contributed by atoms with E-state index in [9.17, 15) is 4.79 Å². The first-order chi connectivity index (χ1) is 9.76. The summed E-state index contributed by atoms with van der Waals surface area (Å²) >= 11 is 0. The highest BCUT2D eigenvalue weighted by atomic mass is 16.5. The summed E-state index contributed by atoms with van der Waals surface area (Å²) in [5, 5.41) is 6.47. The van der Waals surface area contributed by atoms with Crippen LogP contribution in [0.15, 0.2) is 23.0 Å². The number of carbonyl (C=O) groups is 1. The van der Waals surface area contributed by atoms with Gasteiger partial charge >= 0.3 is 0 Å². The summed E-state index contributed by atoms with van der Waals surface area (Å²) in [6.07, 6.45) is 5.72. The molecule has 106 valence electrons. The van der Waals surface area contributed by atoms with Crippen LogP contribution >= 0.6 is 0 Å². The summed E-state index contributed by atoms with van der Waals surface area (Å²) in [5.74, 6) is 1.68. The Morgan fingerprint density at radius 3 is 3.35 bits per heavy atom. The molecule has 7 nitrogen and oxygen atoms in total. The minimum atomic E-state index is -0.269. The molecule has 2 aromatic rings. The van der Waals surface area contributed by atoms with Crippen LogP contribution in [-0.2, 0) is 13.0 Å². The summed E-state index contributed by atoms with van der Waals surface area (Å²) < 4.78 is 11.9. The number of fused-ring (bicyclic) bond motifs is 1. The van der Waals surface area contributed by atoms with Gasteiger partial charge in [-0.25, -0.2) is 4.98 Å². The summed E-state index contributed by atoms with van der Waals surface area (Å²) in [7, 11) is 1.48. The summed E-state index contributed by atoms with van der Waals surface area (Å²) in [6, 6.07) is 1.48. The first-order valence-electron chi connectivity index (χ1n) is 6.55. The first kappa shape index (κ1) is 12.7. The molecule has 0 saturated carbocycles. The minimum absolute atomic E-state index is 0.166. The fourth-order valence-corrected chi connectivity index (χ4v) is 2.38. The van der Waals surface area contributed by atoms with Crippen molar-refractivity contribution in [3.8, 4) is 5.88 Å². The molecule has 1 aliphatic rings. The van der Waals surface area contributed by atoms with Gasteiger partial charge in [-0.2, -0.15) is 0 Å². The number of hydrogen-bond acceptors (Lipinski definition) is 5. The first-order valence-corrected chi connectivity index (χ1v) is 6.55. The van der Waals surface area contributed by atoms with Crippen molar-refractivity contribution in [1.29, 1.82) is 0 Å². The Morgan fingerprint density at radius 1 is 1.65 bits per heavy atom. The SMILES string of the molecule is COc1cc(C(=O)NC[C@H]2CCn3ccnc3C2)on1. The van der Waals surface area contributed by atoms with Crippen molar-refractivity contribution in [1.82, 2.24) is 20.0 Å². The number of aryl methyl sites for hydroxylation is 1. The van der Waals surface area contributed by atoms with Crippen molar-refractivity contribution in [3.05, 3.63) is 30.0 Å². The van der Waals surface area contributed by atoms with Gasteiger partial charge in [-0.05, 0) is 17.5 Å². The van der Waals surface area contributed by atoms with E-state index in [2.05, 4.69) is 20.0 Å². The zero-order chi connectivity index (χ0) is 13.9. The van der Waals surface area contributed by atoms with Gasteiger partial charge in [0.15, 0.2) is 0 Å². The van der Waals surface area contributed by atoms with Crippen molar-refractivity contribution < 1.29 is 14.1 Å². The van der Waals surface area contributed by atoms with Crippen molar-refractivity contribution in [2.24, 2.45) is 5.92 Å². The summed E-state index contributed by atoms with van der Waals surface area (Å²) in [4.78, 5) is 16.2. The Balaban J connectivity index is 1.54. The van der Waals surface area contributed by atoms with Gasteiger partial charge in [-0.15, -0.1) is 0 Å². The van der Waals surface area contributed by atoms with Gasteiger partial charge in [-0.1, -0.05) is 0 Å². The molecule has 1 aliphatic heterocycles. The van der Waals surface area contributed by atoms with Gasteiger partial charge in [-0.3, -0.25) is 4.79 Å². The van der Waals surface area contributed by atoms with E-state index >= 15 is 0 Å². The lowest BCUT2D eigenvalue weighted by Gasteiger charge is -2.23. The summed E-state index contributed by atoms with van der Waals surface area (Å²) in [5.41, 5.74) is 0. The second kappa shape index (κ2) is 5.36. The standard InChI is InChI=1S/C13H16N4O3/c1-19-12-7-10(20-16-12)13(18)15-8-9-2-4-17-5-3-14-11(17)6-9/h3,5,7,9H,2,4,6,8H2,1H3,(H,15,18)/t9-/m0/s1. The fourth-order valence-electron chi connectivity index (χ4n) is 2.38. The second-order valence-corrected chi connectivity index (χ2v) is 4.84. The molecule has 1 N–H and O–H groups in total. The molecule has 0 bridgehead atoms. The van der Waals surface area contributed by atoms with Crippen LogP contribution in [0.25, 0.3) is 0 Å². The van der Waals surface area contributed by atoms with E-state index < -0.39 is 0 Å². The highest BCUT2D eigenvalue weighted by Crippen LogP contribution is 2.18. The zero-order valence-corrected chi connectivity index (χ0v) is 11.2. The number of methoxy groups -OCH3 is 1. The number of carbonyl (C=O) groups excluding carboxylic acids is 1. The van der Waals surface area contributed by atoms with Crippen LogP contribution in [0.3, 0.4) is 0 Å². The molecule has 0 fully saturated rings. The molecule has 3 rings (SSSR count). The van der Waals surface area contributed by atoms with Crippen molar-refractivity contribution >= 4 is 5.91 Å². The zero-order valence-electron chi connectivity index (χ0n) is 11.2. The molecular weight excluding hydrogens is 260 g/mol. The number of amides is 1. The van der Waals surface area contributed by atoms with Crippen LogP contribution < -0.4 is 10.1 Å². The van der Waals surface area contributed by atoms with Gasteiger partial charge in [0.05, 0.1) is 13.2 Å². The van der Waals surface area contributed by atoms with E-state index in [1.807, 2.05) is 12.4 Å². The maximum atomic E-state index is 11.9. The molecule has 1 atom stereocenters. The van der Waals surface area contributed by atoms with E-state index in [-0.39, 0.29) is 11.7 Å². The van der Waals surface area contributed by atoms with Crippen LogP contribution in [0.1, 0.15) is 22.8 Å². The number of hydrogen-bond donors (Lipinski definition) is 1. The molecule has 0 radical (unpaired) electrons. The number of imidazole rings is 1. The second-order valence-electron chi connectivity index (χ2n) is 4.84. The number of nitrogens with zero attached hydrogens (tertiary/aromatic N) is 3. The van der Waals surface area contributed by atoms with Crippen LogP contribution in [0.2, 0.25) is 0 Å². The van der Waals surface area contributed by atoms with E-state index in [0.29, 0.717) is 18.3 Å². The molecule has 2 aromatic heterocycles. The lowest BCUT2D eigenvalue weighted by atomic mass is 9.98. The average molecular weight is 276 g/mol. The molecular formula is C13H16N4O3. The number of ether oxygens (including phenoxy) is 1. The Kier molecular flexibility index (Phi) is 3.41. The van der Waals surface area contributed by atoms with Crippen molar-refractivity contribution in [2.45, 2.75) is 19.4 Å². The van der Waals surface area contributed by atoms with Crippen molar-refractivity contribution in [2.75, 3.05) is 13.7 Å². The van der Waals surface area contributed by atoms with Crippen LogP contribution in [0.5, 0.6) is 5.88 Å². The van der Waals surface area contributed by atoms with Gasteiger partial charge < -0.3 is 19.1 Å². The third-order valence-electron chi connectivity index (χ3n) is 3.52. The van der Waals surface area contributed by atoms with Gasteiger partial charge in [0, 0.05) is 31.9 Å². The molecule has 7 heteroatoms. The Morgan fingerprint density at radius 2 is 2.55 bits per heavy atom. The predicted octanol–water partition coefficient (Wildman–Crippen LogP) is 0.872. The van der Waals surface area contributed by atoms with Crippen LogP contribution in [0.4, 0.5) is 0 Å². The molecule has 0 saturated heterocycles. The lowest BCUT2D eigenvalue weighted by molar-refractivity contribution is 0.0907. The maximum absolute atomic E-state index is 11.9. The predicted molar refractivity (Wildman–Crippen MR) is 69.4 cm³/mol. The number of rotatable bonds is 4. The molecule has 20 heavy (non-hydrogen) atoms. The largest absolute Gasteiger partial charge is 0.479 e. The van der Waals surface area contributed by atoms with Gasteiger partial charge in [0.1, 0.15) is 5.82 Å². The van der Waals surface area contributed by atoms with E-state index in [1.54, 1.807) is 0 Å². The maximum Gasteiger partial charge on any atom is 0.290 e. The summed E-state index contributed by atoms with van der Waals surface area (Å²) in [6.45, 7) is 1.56.